The summed E-state index contributed by atoms with van der Waals surface area (Å²) in [5, 5.41) is 2.96. The van der Waals surface area contributed by atoms with Crippen LogP contribution in [0.15, 0.2) is 0 Å². The van der Waals surface area contributed by atoms with E-state index < -0.39 is 5.54 Å². The molecule has 0 fully saturated rings. The van der Waals surface area contributed by atoms with E-state index in [-0.39, 0.29) is 11.2 Å². The van der Waals surface area contributed by atoms with Crippen LogP contribution >= 0.6 is 0 Å². The minimum absolute atomic E-state index is 0.181. The van der Waals surface area contributed by atoms with E-state index in [1.165, 1.54) is 0 Å². The van der Waals surface area contributed by atoms with Crippen LogP contribution in [0.4, 0.5) is 0 Å². The van der Waals surface area contributed by atoms with E-state index in [2.05, 4.69) is 5.32 Å². The van der Waals surface area contributed by atoms with Gasteiger partial charge in [-0.15, -0.1) is 0 Å². The van der Waals surface area contributed by atoms with Gasteiger partial charge in [-0.05, 0) is 13.8 Å². The van der Waals surface area contributed by atoms with Crippen molar-refractivity contribution in [1.29, 1.82) is 0 Å². The highest BCUT2D eigenvalue weighted by Gasteiger charge is 2.34. The summed E-state index contributed by atoms with van der Waals surface area (Å²) >= 11 is 0. The van der Waals surface area contributed by atoms with Crippen molar-refractivity contribution in [2.75, 3.05) is 6.67 Å². The van der Waals surface area contributed by atoms with Crippen LogP contribution in [0.1, 0.15) is 34.6 Å². The molecule has 0 amide bonds. The number of nitrogens with one attached hydrogen (secondary N) is 1. The Morgan fingerprint density at radius 1 is 1.25 bits per heavy atom. The zero-order chi connectivity index (χ0) is 9.99. The average Bonchev–Trinajstić information content (AvgIpc) is 1.84. The van der Waals surface area contributed by atoms with Crippen molar-refractivity contribution < 1.29 is 4.79 Å². The molecule has 0 aliphatic heterocycles. The van der Waals surface area contributed by atoms with Crippen LogP contribution in [0.25, 0.3) is 0 Å². The molecule has 3 heteroatoms. The van der Waals surface area contributed by atoms with Crippen LogP contribution in [-0.4, -0.2) is 18.0 Å². The molecule has 0 rings (SSSR count). The molecule has 0 aromatic carbocycles. The van der Waals surface area contributed by atoms with Crippen LogP contribution in [0.5, 0.6) is 0 Å². The summed E-state index contributed by atoms with van der Waals surface area (Å²) in [6.07, 6.45) is 0. The zero-order valence-electron chi connectivity index (χ0n) is 8.69. The maximum Gasteiger partial charge on any atom is 0.157 e. The van der Waals surface area contributed by atoms with E-state index in [4.69, 9.17) is 5.73 Å². The molecular weight excluding hydrogens is 152 g/mol. The molecule has 3 nitrogen and oxygen atoms in total. The van der Waals surface area contributed by atoms with Crippen LogP contribution < -0.4 is 11.1 Å². The quantitative estimate of drug-likeness (QED) is 0.621. The van der Waals surface area contributed by atoms with Gasteiger partial charge < -0.3 is 5.73 Å². The van der Waals surface area contributed by atoms with E-state index in [1.807, 2.05) is 34.6 Å². The molecule has 0 atom stereocenters. The third-order valence-corrected chi connectivity index (χ3v) is 1.79. The van der Waals surface area contributed by atoms with Crippen molar-refractivity contribution in [1.82, 2.24) is 5.32 Å². The number of carbonyl (C=O) groups is 1. The normalized spacial score (nSPS) is 13.2. The molecule has 0 aliphatic rings. The lowest BCUT2D eigenvalue weighted by Gasteiger charge is -2.31. The maximum atomic E-state index is 11.8. The molecule has 0 aromatic heterocycles. The Balaban J connectivity index is 4.46. The average molecular weight is 172 g/mol. The fourth-order valence-electron chi connectivity index (χ4n) is 1.27. The number of rotatable bonds is 3. The molecule has 0 saturated carbocycles. The van der Waals surface area contributed by atoms with Gasteiger partial charge in [0.2, 0.25) is 0 Å². The predicted molar refractivity (Wildman–Crippen MR) is 50.7 cm³/mol. The van der Waals surface area contributed by atoms with Gasteiger partial charge >= 0.3 is 0 Å². The Hall–Kier alpha value is -0.410. The van der Waals surface area contributed by atoms with Crippen LogP contribution in [-0.2, 0) is 4.79 Å². The lowest BCUT2D eigenvalue weighted by Crippen LogP contribution is -2.53. The molecule has 0 spiro atoms. The van der Waals surface area contributed by atoms with E-state index >= 15 is 0 Å². The third-order valence-electron chi connectivity index (χ3n) is 1.79. The fraction of sp³-hybridized carbons (Fsp3) is 0.889. The second-order valence-electron chi connectivity index (χ2n) is 4.59. The predicted octanol–water partition coefficient (Wildman–Crippen LogP) is 0.886. The first kappa shape index (κ1) is 11.6. The summed E-state index contributed by atoms with van der Waals surface area (Å²) in [7, 11) is 0. The van der Waals surface area contributed by atoms with Gasteiger partial charge in [-0.25, -0.2) is 0 Å². The summed E-state index contributed by atoms with van der Waals surface area (Å²) in [6, 6.07) is 0. The number of carbonyl (C=O) groups excluding carboxylic acids is 1. The molecule has 3 N–H and O–H groups in total. The summed E-state index contributed by atoms with van der Waals surface area (Å²) < 4.78 is 0. The third kappa shape index (κ3) is 2.91. The van der Waals surface area contributed by atoms with Gasteiger partial charge in [0.15, 0.2) is 5.78 Å². The number of hydrogen-bond acceptors (Lipinski definition) is 3. The summed E-state index contributed by atoms with van der Waals surface area (Å²) in [4.78, 5) is 11.8. The lowest BCUT2D eigenvalue weighted by atomic mass is 9.80. The first-order valence-electron chi connectivity index (χ1n) is 4.22. The van der Waals surface area contributed by atoms with Gasteiger partial charge in [0.05, 0.1) is 5.54 Å². The van der Waals surface area contributed by atoms with Crippen molar-refractivity contribution in [3.63, 3.8) is 0 Å². The standard InChI is InChI=1S/C9H20N2O/c1-8(2,3)7(12)9(4,5)11-6-10/h11H,6,10H2,1-5H3. The maximum absolute atomic E-state index is 11.8. The fourth-order valence-corrected chi connectivity index (χ4v) is 1.27. The second kappa shape index (κ2) is 3.54. The second-order valence-corrected chi connectivity index (χ2v) is 4.59. The van der Waals surface area contributed by atoms with Gasteiger partial charge in [0, 0.05) is 12.1 Å². The van der Waals surface area contributed by atoms with Crippen molar-refractivity contribution in [2.45, 2.75) is 40.2 Å². The van der Waals surface area contributed by atoms with E-state index in [0.717, 1.165) is 0 Å². The van der Waals surface area contributed by atoms with Crippen molar-refractivity contribution in [2.24, 2.45) is 11.1 Å². The molecule has 12 heavy (non-hydrogen) atoms. The Kier molecular flexibility index (Phi) is 3.42. The Morgan fingerprint density at radius 2 is 1.67 bits per heavy atom. The topological polar surface area (TPSA) is 55.1 Å². The molecule has 0 heterocycles. The Labute approximate surface area is 74.7 Å². The highest BCUT2D eigenvalue weighted by Crippen LogP contribution is 2.22. The van der Waals surface area contributed by atoms with Crippen molar-refractivity contribution in [3.8, 4) is 0 Å². The molecule has 0 aliphatic carbocycles. The zero-order valence-corrected chi connectivity index (χ0v) is 8.69. The highest BCUT2D eigenvalue weighted by molar-refractivity contribution is 5.91. The number of nitrogens with two attached hydrogens (primary N) is 1. The van der Waals surface area contributed by atoms with Gasteiger partial charge in [-0.2, -0.15) is 0 Å². The lowest BCUT2D eigenvalue weighted by molar-refractivity contribution is -0.131. The van der Waals surface area contributed by atoms with E-state index in [9.17, 15) is 4.79 Å². The first-order chi connectivity index (χ1) is 5.22. The molecule has 0 unspecified atom stereocenters. The molecular formula is C9H20N2O. The highest BCUT2D eigenvalue weighted by atomic mass is 16.1. The smallest absolute Gasteiger partial charge is 0.157 e. The van der Waals surface area contributed by atoms with Crippen molar-refractivity contribution >= 4 is 5.78 Å². The van der Waals surface area contributed by atoms with Crippen LogP contribution in [0.2, 0.25) is 0 Å². The number of Topliss-reactive ketones (excluding diaryl/α,β-unsaturated/α-hetero) is 1. The van der Waals surface area contributed by atoms with Crippen LogP contribution in [0.3, 0.4) is 0 Å². The number of ketones is 1. The van der Waals surface area contributed by atoms with Crippen LogP contribution in [0, 0.1) is 5.41 Å². The SMILES string of the molecule is CC(C)(C)C(=O)C(C)(C)NCN. The summed E-state index contributed by atoms with van der Waals surface area (Å²) in [5.41, 5.74) is 4.50. The summed E-state index contributed by atoms with van der Waals surface area (Å²) in [6.45, 7) is 9.77. The number of hydrogen-bond donors (Lipinski definition) is 2. The summed E-state index contributed by atoms with van der Waals surface area (Å²) in [5.74, 6) is 0.181. The van der Waals surface area contributed by atoms with E-state index in [1.54, 1.807) is 0 Å². The van der Waals surface area contributed by atoms with Gasteiger partial charge in [-0.1, -0.05) is 20.8 Å². The molecule has 0 saturated heterocycles. The molecule has 72 valence electrons. The van der Waals surface area contributed by atoms with Gasteiger partial charge in [0.1, 0.15) is 0 Å². The molecule has 0 radical (unpaired) electrons. The Bertz CT molecular complexity index is 168. The van der Waals surface area contributed by atoms with Gasteiger partial charge in [0.25, 0.3) is 0 Å². The minimum Gasteiger partial charge on any atom is -0.318 e. The monoisotopic (exact) mass is 172 g/mol. The molecule has 0 aromatic rings. The molecule has 0 bridgehead atoms. The largest absolute Gasteiger partial charge is 0.318 e. The van der Waals surface area contributed by atoms with Gasteiger partial charge in [-0.3, -0.25) is 10.1 Å². The van der Waals surface area contributed by atoms with Crippen molar-refractivity contribution in [3.05, 3.63) is 0 Å². The Morgan fingerprint density at radius 3 is 1.92 bits per heavy atom. The minimum atomic E-state index is -0.521. The first-order valence-corrected chi connectivity index (χ1v) is 4.22. The van der Waals surface area contributed by atoms with E-state index in [0.29, 0.717) is 6.67 Å².